The summed E-state index contributed by atoms with van der Waals surface area (Å²) in [6, 6.07) is 6.48. The van der Waals surface area contributed by atoms with E-state index in [4.69, 9.17) is 32.7 Å². The molecule has 1 N–H and O–H groups in total. The lowest BCUT2D eigenvalue weighted by Gasteiger charge is -2.09. The quantitative estimate of drug-likeness (QED) is 0.768. The minimum Gasteiger partial charge on any atom is -0.482 e. The molecule has 0 aliphatic heterocycles. The normalized spacial score (nSPS) is 10.2. The van der Waals surface area contributed by atoms with Gasteiger partial charge in [-0.3, -0.25) is 4.79 Å². The van der Waals surface area contributed by atoms with Crippen LogP contribution in [0.2, 0.25) is 10.0 Å². The number of carbonyl (C=O) groups excluding carboxylic acids is 2. The first-order valence-corrected chi connectivity index (χ1v) is 8.27. The molecule has 0 unspecified atom stereocenters. The summed E-state index contributed by atoms with van der Waals surface area (Å²) in [5.41, 5.74) is 0.311. The summed E-state index contributed by atoms with van der Waals surface area (Å²) in [4.78, 5) is 23.7. The summed E-state index contributed by atoms with van der Waals surface area (Å²) < 4.78 is 10.3. The van der Waals surface area contributed by atoms with Crippen LogP contribution < -0.4 is 10.1 Å². The second-order valence-corrected chi connectivity index (χ2v) is 5.97. The zero-order valence-corrected chi connectivity index (χ0v) is 14.4. The minimum atomic E-state index is -0.483. The molecule has 5 nitrogen and oxygen atoms in total. The van der Waals surface area contributed by atoms with Crippen molar-refractivity contribution in [3.05, 3.63) is 45.3 Å². The van der Waals surface area contributed by atoms with Crippen molar-refractivity contribution >= 4 is 51.4 Å². The SMILES string of the molecule is CCOC(=O)c1ccsc1NC(=O)COc1cccc(Cl)c1Cl. The average Bonchev–Trinajstić information content (AvgIpc) is 2.97. The molecule has 0 aliphatic rings. The molecule has 0 saturated carbocycles. The highest BCUT2D eigenvalue weighted by Gasteiger charge is 2.16. The van der Waals surface area contributed by atoms with E-state index >= 15 is 0 Å². The van der Waals surface area contributed by atoms with Crippen molar-refractivity contribution in [2.24, 2.45) is 0 Å². The summed E-state index contributed by atoms with van der Waals surface area (Å²) >= 11 is 13.1. The van der Waals surface area contributed by atoms with Crippen LogP contribution in [0.5, 0.6) is 5.75 Å². The smallest absolute Gasteiger partial charge is 0.341 e. The number of benzene rings is 1. The van der Waals surface area contributed by atoms with Gasteiger partial charge in [-0.1, -0.05) is 29.3 Å². The Morgan fingerprint density at radius 2 is 2.04 bits per heavy atom. The molecule has 8 heteroatoms. The molecule has 1 aromatic heterocycles. The lowest BCUT2D eigenvalue weighted by atomic mass is 10.3. The lowest BCUT2D eigenvalue weighted by molar-refractivity contribution is -0.118. The monoisotopic (exact) mass is 373 g/mol. The molecule has 23 heavy (non-hydrogen) atoms. The second kappa shape index (κ2) is 8.19. The molecule has 1 amide bonds. The number of hydrogen-bond acceptors (Lipinski definition) is 5. The number of amides is 1. The molecule has 0 aliphatic carbocycles. The number of ether oxygens (including phenoxy) is 2. The summed E-state index contributed by atoms with van der Waals surface area (Å²) in [7, 11) is 0. The highest BCUT2D eigenvalue weighted by Crippen LogP contribution is 2.31. The van der Waals surface area contributed by atoms with Crippen LogP contribution in [0.15, 0.2) is 29.6 Å². The zero-order valence-electron chi connectivity index (χ0n) is 12.1. The number of anilines is 1. The Hall–Kier alpha value is -1.76. The number of halogens is 2. The minimum absolute atomic E-state index is 0.241. The van der Waals surface area contributed by atoms with E-state index in [1.54, 1.807) is 36.6 Å². The van der Waals surface area contributed by atoms with Gasteiger partial charge in [-0.25, -0.2) is 4.79 Å². The van der Waals surface area contributed by atoms with E-state index in [9.17, 15) is 9.59 Å². The molecular formula is C15H13Cl2NO4S. The van der Waals surface area contributed by atoms with E-state index in [1.165, 1.54) is 11.3 Å². The van der Waals surface area contributed by atoms with Crippen molar-refractivity contribution in [2.75, 3.05) is 18.5 Å². The second-order valence-electron chi connectivity index (χ2n) is 4.27. The predicted octanol–water partition coefficient (Wildman–Crippen LogP) is 4.25. The first-order chi connectivity index (χ1) is 11.0. The van der Waals surface area contributed by atoms with Gasteiger partial charge in [0.15, 0.2) is 6.61 Å². The number of nitrogens with one attached hydrogen (secondary N) is 1. The van der Waals surface area contributed by atoms with Crippen molar-refractivity contribution in [1.82, 2.24) is 0 Å². The van der Waals surface area contributed by atoms with Crippen LogP contribution in [0.1, 0.15) is 17.3 Å². The molecule has 2 aromatic rings. The molecule has 0 radical (unpaired) electrons. The average molecular weight is 374 g/mol. The fourth-order valence-electron chi connectivity index (χ4n) is 1.68. The first kappa shape index (κ1) is 17.6. The van der Waals surface area contributed by atoms with Crippen LogP contribution in [0.4, 0.5) is 5.00 Å². The third kappa shape index (κ3) is 4.60. The van der Waals surface area contributed by atoms with Gasteiger partial charge in [-0.2, -0.15) is 0 Å². The number of esters is 1. The Balaban J connectivity index is 1.97. The topological polar surface area (TPSA) is 64.6 Å². The molecule has 0 bridgehead atoms. The standard InChI is InChI=1S/C15H13Cl2NO4S/c1-2-21-15(20)9-6-7-23-14(9)18-12(19)8-22-11-5-3-4-10(16)13(11)17/h3-7H,2,8H2,1H3,(H,18,19). The lowest BCUT2D eigenvalue weighted by Crippen LogP contribution is -2.21. The molecular weight excluding hydrogens is 361 g/mol. The molecule has 2 rings (SSSR count). The van der Waals surface area contributed by atoms with Crippen LogP contribution in [-0.4, -0.2) is 25.1 Å². The van der Waals surface area contributed by atoms with Crippen molar-refractivity contribution in [1.29, 1.82) is 0 Å². The third-order valence-corrected chi connectivity index (χ3v) is 4.32. The van der Waals surface area contributed by atoms with Gasteiger partial charge in [-0.15, -0.1) is 11.3 Å². The van der Waals surface area contributed by atoms with Crippen LogP contribution in [0, 0.1) is 0 Å². The van der Waals surface area contributed by atoms with E-state index < -0.39 is 11.9 Å². The van der Waals surface area contributed by atoms with E-state index in [-0.39, 0.29) is 18.2 Å². The first-order valence-electron chi connectivity index (χ1n) is 6.64. The maximum atomic E-state index is 12.0. The predicted molar refractivity (Wildman–Crippen MR) is 90.9 cm³/mol. The van der Waals surface area contributed by atoms with Gasteiger partial charge in [0.2, 0.25) is 0 Å². The van der Waals surface area contributed by atoms with Gasteiger partial charge in [0.25, 0.3) is 5.91 Å². The van der Waals surface area contributed by atoms with Gasteiger partial charge < -0.3 is 14.8 Å². The van der Waals surface area contributed by atoms with Gasteiger partial charge in [0.05, 0.1) is 17.2 Å². The van der Waals surface area contributed by atoms with Crippen molar-refractivity contribution < 1.29 is 19.1 Å². The molecule has 0 fully saturated rings. The van der Waals surface area contributed by atoms with Crippen molar-refractivity contribution in [3.8, 4) is 5.75 Å². The number of carbonyl (C=O) groups is 2. The van der Waals surface area contributed by atoms with Crippen LogP contribution in [0.25, 0.3) is 0 Å². The third-order valence-electron chi connectivity index (χ3n) is 2.69. The molecule has 0 atom stereocenters. The molecule has 0 spiro atoms. The summed E-state index contributed by atoms with van der Waals surface area (Å²) in [6.07, 6.45) is 0. The summed E-state index contributed by atoms with van der Waals surface area (Å²) in [5, 5.41) is 5.30. The number of rotatable bonds is 6. The Morgan fingerprint density at radius 1 is 1.26 bits per heavy atom. The van der Waals surface area contributed by atoms with Crippen molar-refractivity contribution in [2.45, 2.75) is 6.92 Å². The highest BCUT2D eigenvalue weighted by atomic mass is 35.5. The van der Waals surface area contributed by atoms with E-state index in [1.807, 2.05) is 0 Å². The van der Waals surface area contributed by atoms with Gasteiger partial charge in [-0.05, 0) is 30.5 Å². The molecule has 122 valence electrons. The summed E-state index contributed by atoms with van der Waals surface area (Å²) in [6.45, 7) is 1.71. The van der Waals surface area contributed by atoms with E-state index in [0.717, 1.165) is 0 Å². The Labute approximate surface area is 147 Å². The van der Waals surface area contributed by atoms with Gasteiger partial charge >= 0.3 is 5.97 Å². The largest absolute Gasteiger partial charge is 0.482 e. The van der Waals surface area contributed by atoms with Crippen LogP contribution in [-0.2, 0) is 9.53 Å². The molecule has 0 saturated heterocycles. The fraction of sp³-hybridized carbons (Fsp3) is 0.200. The van der Waals surface area contributed by atoms with E-state index in [0.29, 0.717) is 21.3 Å². The number of thiophene rings is 1. The highest BCUT2D eigenvalue weighted by molar-refractivity contribution is 7.14. The van der Waals surface area contributed by atoms with Crippen LogP contribution >= 0.6 is 34.5 Å². The summed E-state index contributed by atoms with van der Waals surface area (Å²) in [5.74, 6) is -0.594. The Kier molecular flexibility index (Phi) is 6.27. The van der Waals surface area contributed by atoms with Crippen LogP contribution in [0.3, 0.4) is 0 Å². The zero-order chi connectivity index (χ0) is 16.8. The molecule has 1 heterocycles. The Morgan fingerprint density at radius 3 is 2.78 bits per heavy atom. The Bertz CT molecular complexity index is 717. The van der Waals surface area contributed by atoms with Gasteiger partial charge in [0, 0.05) is 0 Å². The van der Waals surface area contributed by atoms with Crippen molar-refractivity contribution in [3.63, 3.8) is 0 Å². The fourth-order valence-corrected chi connectivity index (χ4v) is 2.81. The maximum Gasteiger partial charge on any atom is 0.341 e. The molecule has 1 aromatic carbocycles. The van der Waals surface area contributed by atoms with E-state index in [2.05, 4.69) is 5.32 Å². The number of hydrogen-bond donors (Lipinski definition) is 1. The van der Waals surface area contributed by atoms with Gasteiger partial charge in [0.1, 0.15) is 15.8 Å². The maximum absolute atomic E-state index is 12.0.